The Balaban J connectivity index is 1.76. The second kappa shape index (κ2) is 6.24. The molecule has 2 aromatic rings. The van der Waals surface area contributed by atoms with E-state index in [2.05, 4.69) is 15.9 Å². The molecule has 1 aliphatic rings. The average molecular weight is 363 g/mol. The van der Waals surface area contributed by atoms with Gasteiger partial charge < -0.3 is 0 Å². The van der Waals surface area contributed by atoms with Crippen LogP contribution in [0.25, 0.3) is 0 Å². The third-order valence-electron chi connectivity index (χ3n) is 3.74. The van der Waals surface area contributed by atoms with Gasteiger partial charge in [0, 0.05) is 14.9 Å². The number of rotatable bonds is 4. The molecule has 0 saturated heterocycles. The highest BCUT2D eigenvalue weighted by atomic mass is 79.9. The van der Waals surface area contributed by atoms with Gasteiger partial charge in [0.1, 0.15) is 0 Å². The smallest absolute Gasteiger partial charge is 0.175 e. The van der Waals surface area contributed by atoms with E-state index in [0.29, 0.717) is 10.5 Å². The van der Waals surface area contributed by atoms with Crippen LogP contribution in [-0.2, 0) is 23.6 Å². The normalized spacial score (nSPS) is 14.7. The number of hydrogen-bond acceptors (Lipinski definition) is 2. The Morgan fingerprint density at radius 1 is 1.10 bits per heavy atom. The highest BCUT2D eigenvalue weighted by Gasteiger charge is 2.16. The Hall–Kier alpha value is -1.26. The Labute approximate surface area is 135 Å². The van der Waals surface area contributed by atoms with E-state index in [4.69, 9.17) is 0 Å². The molecule has 0 spiro atoms. The molecule has 2 nitrogen and oxygen atoms in total. The molecule has 4 heteroatoms. The van der Waals surface area contributed by atoms with Gasteiger partial charge in [0.05, 0.1) is 16.6 Å². The Bertz CT molecular complexity index is 724. The second-order valence-corrected chi connectivity index (χ2v) is 7.57. The predicted molar refractivity (Wildman–Crippen MR) is 88.2 cm³/mol. The lowest BCUT2D eigenvalue weighted by Crippen LogP contribution is -2.11. The van der Waals surface area contributed by atoms with Crippen LogP contribution in [0.5, 0.6) is 0 Å². The van der Waals surface area contributed by atoms with Crippen molar-refractivity contribution in [2.45, 2.75) is 24.2 Å². The van der Waals surface area contributed by atoms with Crippen LogP contribution < -0.4 is 0 Å². The van der Waals surface area contributed by atoms with Crippen LogP contribution in [0.2, 0.25) is 0 Å². The lowest BCUT2D eigenvalue weighted by atomic mass is 10.0. The van der Waals surface area contributed by atoms with E-state index in [0.717, 1.165) is 23.7 Å². The van der Waals surface area contributed by atoms with Crippen molar-refractivity contribution in [3.63, 3.8) is 0 Å². The van der Waals surface area contributed by atoms with Gasteiger partial charge in [-0.05, 0) is 54.7 Å². The molecule has 0 amide bonds. The molecule has 0 heterocycles. The first-order valence-corrected chi connectivity index (χ1v) is 9.03. The van der Waals surface area contributed by atoms with Crippen molar-refractivity contribution in [2.24, 2.45) is 0 Å². The van der Waals surface area contributed by atoms with Crippen LogP contribution in [-0.4, -0.2) is 15.7 Å². The van der Waals surface area contributed by atoms with Crippen LogP contribution in [0.3, 0.4) is 0 Å². The molecule has 1 atom stereocenters. The van der Waals surface area contributed by atoms with Crippen LogP contribution in [0.1, 0.15) is 27.9 Å². The molecular weight excluding hydrogens is 348 g/mol. The number of hydrogen-bond donors (Lipinski definition) is 0. The number of aryl methyl sites for hydroxylation is 2. The molecule has 0 bridgehead atoms. The van der Waals surface area contributed by atoms with Crippen molar-refractivity contribution in [2.75, 3.05) is 5.75 Å². The van der Waals surface area contributed by atoms with Crippen molar-refractivity contribution >= 4 is 32.5 Å². The fourth-order valence-corrected chi connectivity index (χ4v) is 4.25. The van der Waals surface area contributed by atoms with E-state index in [1.54, 1.807) is 12.1 Å². The van der Waals surface area contributed by atoms with Gasteiger partial charge in [-0.2, -0.15) is 0 Å². The van der Waals surface area contributed by atoms with Gasteiger partial charge in [-0.1, -0.05) is 34.1 Å². The average Bonchev–Trinajstić information content (AvgIpc) is 2.94. The number of halogens is 1. The topological polar surface area (TPSA) is 34.1 Å². The summed E-state index contributed by atoms with van der Waals surface area (Å²) in [6, 6.07) is 13.2. The van der Waals surface area contributed by atoms with Gasteiger partial charge in [-0.25, -0.2) is 0 Å². The fourth-order valence-electron chi connectivity index (χ4n) is 2.64. The second-order valence-electron chi connectivity index (χ2n) is 5.21. The molecule has 108 valence electrons. The molecule has 0 aromatic heterocycles. The summed E-state index contributed by atoms with van der Waals surface area (Å²) in [4.78, 5) is 13.0. The summed E-state index contributed by atoms with van der Waals surface area (Å²) in [5, 5.41) is 0. The zero-order chi connectivity index (χ0) is 14.8. The molecular formula is C17H15BrO2S. The van der Waals surface area contributed by atoms with E-state index in [1.807, 2.05) is 30.3 Å². The highest BCUT2D eigenvalue weighted by molar-refractivity contribution is 9.10. The molecule has 0 aliphatic heterocycles. The third-order valence-corrected chi connectivity index (χ3v) is 5.54. The van der Waals surface area contributed by atoms with Crippen LogP contribution in [0, 0.1) is 0 Å². The fraction of sp³-hybridized carbons (Fsp3) is 0.235. The number of ketones is 1. The third kappa shape index (κ3) is 3.33. The zero-order valence-corrected chi connectivity index (χ0v) is 13.9. The molecule has 0 fully saturated rings. The van der Waals surface area contributed by atoms with E-state index in [9.17, 15) is 9.00 Å². The van der Waals surface area contributed by atoms with Crippen molar-refractivity contribution in [3.8, 4) is 0 Å². The van der Waals surface area contributed by atoms with Gasteiger partial charge in [0.2, 0.25) is 0 Å². The van der Waals surface area contributed by atoms with Gasteiger partial charge in [-0.15, -0.1) is 0 Å². The summed E-state index contributed by atoms with van der Waals surface area (Å²) in [6.07, 6.45) is 3.32. The maximum absolute atomic E-state index is 12.3. The molecule has 21 heavy (non-hydrogen) atoms. The Morgan fingerprint density at radius 2 is 1.90 bits per heavy atom. The Morgan fingerprint density at radius 3 is 2.71 bits per heavy atom. The summed E-state index contributed by atoms with van der Waals surface area (Å²) in [5.74, 6) is -0.0158. The lowest BCUT2D eigenvalue weighted by Gasteiger charge is -2.05. The summed E-state index contributed by atoms with van der Waals surface area (Å²) < 4.78 is 13.2. The Kier molecular flexibility index (Phi) is 4.36. The first-order valence-electron chi connectivity index (χ1n) is 6.92. The van der Waals surface area contributed by atoms with Gasteiger partial charge >= 0.3 is 0 Å². The number of fused-ring (bicyclic) bond motifs is 1. The van der Waals surface area contributed by atoms with E-state index >= 15 is 0 Å². The van der Waals surface area contributed by atoms with E-state index in [-0.39, 0.29) is 11.5 Å². The number of carbonyl (C=O) groups is 1. The summed E-state index contributed by atoms with van der Waals surface area (Å²) in [5.41, 5.74) is 3.30. The van der Waals surface area contributed by atoms with Crippen molar-refractivity contribution in [1.29, 1.82) is 0 Å². The molecule has 1 aliphatic carbocycles. The summed E-state index contributed by atoms with van der Waals surface area (Å²) in [6.45, 7) is 0. The van der Waals surface area contributed by atoms with Gasteiger partial charge in [-0.3, -0.25) is 9.00 Å². The minimum atomic E-state index is -1.30. The van der Waals surface area contributed by atoms with E-state index in [1.165, 1.54) is 11.1 Å². The van der Waals surface area contributed by atoms with Crippen molar-refractivity contribution in [1.82, 2.24) is 0 Å². The predicted octanol–water partition coefficient (Wildman–Crippen LogP) is 3.93. The van der Waals surface area contributed by atoms with Crippen LogP contribution in [0.4, 0.5) is 0 Å². The minimum Gasteiger partial charge on any atom is -0.293 e. The largest absolute Gasteiger partial charge is 0.293 e. The maximum atomic E-state index is 12.3. The molecule has 3 rings (SSSR count). The van der Waals surface area contributed by atoms with Crippen LogP contribution >= 0.6 is 15.9 Å². The SMILES string of the molecule is O=C(CS(=O)c1cccc(Br)c1)c1ccc2c(c1)CCC2. The summed E-state index contributed by atoms with van der Waals surface area (Å²) >= 11 is 3.36. The quantitative estimate of drug-likeness (QED) is 0.772. The van der Waals surface area contributed by atoms with Gasteiger partial charge in [0.25, 0.3) is 0 Å². The first-order chi connectivity index (χ1) is 10.1. The first kappa shape index (κ1) is 14.7. The highest BCUT2D eigenvalue weighted by Crippen LogP contribution is 2.23. The molecule has 2 aromatic carbocycles. The van der Waals surface area contributed by atoms with Crippen molar-refractivity contribution < 1.29 is 9.00 Å². The lowest BCUT2D eigenvalue weighted by molar-refractivity contribution is 0.102. The molecule has 0 radical (unpaired) electrons. The van der Waals surface area contributed by atoms with Crippen LogP contribution in [0.15, 0.2) is 51.8 Å². The number of benzene rings is 2. The molecule has 0 N–H and O–H groups in total. The summed E-state index contributed by atoms with van der Waals surface area (Å²) in [7, 11) is -1.30. The van der Waals surface area contributed by atoms with Crippen molar-refractivity contribution in [3.05, 3.63) is 63.6 Å². The minimum absolute atomic E-state index is 0.0369. The van der Waals surface area contributed by atoms with Gasteiger partial charge in [0.15, 0.2) is 5.78 Å². The zero-order valence-electron chi connectivity index (χ0n) is 11.5. The number of Topliss-reactive ketones (excluding diaryl/α,β-unsaturated/α-hetero) is 1. The molecule has 0 saturated carbocycles. The monoisotopic (exact) mass is 362 g/mol. The number of carbonyl (C=O) groups excluding carboxylic acids is 1. The maximum Gasteiger partial charge on any atom is 0.175 e. The standard InChI is InChI=1S/C17H15BrO2S/c18-15-5-2-6-16(10-15)21(20)11-17(19)14-8-7-12-3-1-4-13(12)9-14/h2,5-10H,1,3-4,11H2. The molecule has 1 unspecified atom stereocenters. The van der Waals surface area contributed by atoms with E-state index < -0.39 is 10.8 Å².